The molecular formula is C47H89N3O4. The number of unbranched alkanes of at least 4 members (excludes halogenated alkanes) is 16. The summed E-state index contributed by atoms with van der Waals surface area (Å²) < 4.78 is 5.62. The van der Waals surface area contributed by atoms with Crippen LogP contribution in [-0.2, 0) is 9.53 Å². The summed E-state index contributed by atoms with van der Waals surface area (Å²) in [5.74, 6) is 1.63. The van der Waals surface area contributed by atoms with Gasteiger partial charge < -0.3 is 20.3 Å². The standard InChI is InChI=1S/C47H89N3O4/c1-6-10-14-22-31-41(32-23-15-11-7-2)33-24-18-16-20-26-37-50(39-28-36-49-45-44(48-5)46(52)47(45)53)38-27-21-17-19-25-34-43(51)54-40-35-42(29-12-8-3)30-13-9-4/h41-42,48-49H,6-40H2,1-5H3. The van der Waals surface area contributed by atoms with E-state index in [-0.39, 0.29) is 5.97 Å². The lowest BCUT2D eigenvalue weighted by molar-refractivity contribution is -0.144. The van der Waals surface area contributed by atoms with Gasteiger partial charge in [0.25, 0.3) is 10.9 Å². The molecule has 316 valence electrons. The van der Waals surface area contributed by atoms with Crippen molar-refractivity contribution in [2.24, 2.45) is 11.8 Å². The Morgan fingerprint density at radius 1 is 0.519 bits per heavy atom. The third-order valence-corrected chi connectivity index (χ3v) is 11.7. The predicted octanol–water partition coefficient (Wildman–Crippen LogP) is 12.6. The average Bonchev–Trinajstić information content (AvgIpc) is 3.18. The molecule has 0 saturated heterocycles. The van der Waals surface area contributed by atoms with Crippen LogP contribution in [0.4, 0.5) is 11.4 Å². The summed E-state index contributed by atoms with van der Waals surface area (Å²) in [6, 6.07) is 0. The molecule has 0 atom stereocenters. The van der Waals surface area contributed by atoms with Crippen molar-refractivity contribution in [3.8, 4) is 0 Å². The predicted molar refractivity (Wildman–Crippen MR) is 235 cm³/mol. The van der Waals surface area contributed by atoms with Crippen molar-refractivity contribution in [1.82, 2.24) is 4.90 Å². The van der Waals surface area contributed by atoms with Crippen LogP contribution in [0.2, 0.25) is 0 Å². The molecule has 0 aliphatic carbocycles. The number of carbonyl (C=O) groups excluding carboxylic acids is 1. The fraction of sp³-hybridized carbons (Fsp3) is 0.894. The Bertz CT molecular complexity index is 1050. The first-order valence-electron chi connectivity index (χ1n) is 23.5. The maximum absolute atomic E-state index is 12.3. The van der Waals surface area contributed by atoms with E-state index in [1.54, 1.807) is 7.05 Å². The fourth-order valence-electron chi connectivity index (χ4n) is 8.07. The molecule has 0 spiro atoms. The average molecular weight is 760 g/mol. The SMILES string of the molecule is CCCCCCC(CCCCCC)CCCCCCCN(CCCCCCCC(=O)OCCC(CCCC)CCCC)CCCNc1c(NC)c(=O)c1=O. The second kappa shape index (κ2) is 35.5. The zero-order chi connectivity index (χ0) is 39.5. The second-order valence-electron chi connectivity index (χ2n) is 16.6. The number of ether oxygens (including phenoxy) is 1. The van der Waals surface area contributed by atoms with Crippen molar-refractivity contribution >= 4 is 17.3 Å². The molecule has 1 aromatic carbocycles. The molecule has 0 unspecified atom stereocenters. The van der Waals surface area contributed by atoms with Crippen LogP contribution in [-0.4, -0.2) is 50.7 Å². The minimum absolute atomic E-state index is 0.0188. The molecule has 54 heavy (non-hydrogen) atoms. The number of nitrogens with one attached hydrogen (secondary N) is 2. The molecule has 0 heterocycles. The topological polar surface area (TPSA) is 87.7 Å². The number of nitrogens with zero attached hydrogens (tertiary/aromatic N) is 1. The molecule has 0 fully saturated rings. The molecule has 1 rings (SSSR count). The minimum atomic E-state index is -0.415. The number of rotatable bonds is 41. The van der Waals surface area contributed by atoms with Crippen LogP contribution in [0.5, 0.6) is 0 Å². The molecule has 0 aromatic heterocycles. The number of hydrogen-bond donors (Lipinski definition) is 2. The van der Waals surface area contributed by atoms with E-state index in [0.29, 0.717) is 36.9 Å². The van der Waals surface area contributed by atoms with E-state index < -0.39 is 10.9 Å². The minimum Gasteiger partial charge on any atom is -0.466 e. The second-order valence-corrected chi connectivity index (χ2v) is 16.6. The van der Waals surface area contributed by atoms with E-state index in [2.05, 4.69) is 43.2 Å². The lowest BCUT2D eigenvalue weighted by atomic mass is 9.89. The molecular weight excluding hydrogens is 671 g/mol. The number of carbonyl (C=O) groups is 1. The Morgan fingerprint density at radius 3 is 1.48 bits per heavy atom. The van der Waals surface area contributed by atoms with Gasteiger partial charge in [-0.2, -0.15) is 0 Å². The van der Waals surface area contributed by atoms with Crippen molar-refractivity contribution in [2.75, 3.05) is 50.5 Å². The lowest BCUT2D eigenvalue weighted by Crippen LogP contribution is -2.37. The summed E-state index contributed by atoms with van der Waals surface area (Å²) in [6.45, 7) is 13.6. The van der Waals surface area contributed by atoms with Crippen molar-refractivity contribution in [3.05, 3.63) is 20.4 Å². The van der Waals surface area contributed by atoms with Gasteiger partial charge >= 0.3 is 5.97 Å². The van der Waals surface area contributed by atoms with Crippen LogP contribution in [0.15, 0.2) is 9.59 Å². The highest BCUT2D eigenvalue weighted by Crippen LogP contribution is 2.25. The zero-order valence-electron chi connectivity index (χ0n) is 36.5. The van der Waals surface area contributed by atoms with Crippen molar-refractivity contribution in [1.29, 1.82) is 0 Å². The first-order valence-corrected chi connectivity index (χ1v) is 23.5. The summed E-state index contributed by atoms with van der Waals surface area (Å²) >= 11 is 0. The number of hydrogen-bond acceptors (Lipinski definition) is 7. The molecule has 0 aliphatic heterocycles. The third kappa shape index (κ3) is 25.3. The van der Waals surface area contributed by atoms with Crippen LogP contribution in [0, 0.1) is 11.8 Å². The Morgan fingerprint density at radius 2 is 0.944 bits per heavy atom. The van der Waals surface area contributed by atoms with E-state index in [9.17, 15) is 14.4 Å². The summed E-state index contributed by atoms with van der Waals surface area (Å²) in [7, 11) is 1.69. The molecule has 1 aromatic rings. The largest absolute Gasteiger partial charge is 0.466 e. The smallest absolute Gasteiger partial charge is 0.305 e. The molecule has 7 heteroatoms. The number of anilines is 2. The quantitative estimate of drug-likeness (QED) is 0.0390. The normalized spacial score (nSPS) is 11.8. The highest BCUT2D eigenvalue weighted by Gasteiger charge is 2.19. The van der Waals surface area contributed by atoms with Gasteiger partial charge in [0, 0.05) is 20.0 Å². The van der Waals surface area contributed by atoms with Gasteiger partial charge in [-0.25, -0.2) is 0 Å². The van der Waals surface area contributed by atoms with Crippen LogP contribution in [0.25, 0.3) is 0 Å². The van der Waals surface area contributed by atoms with E-state index in [1.807, 2.05) is 0 Å². The highest BCUT2D eigenvalue weighted by atomic mass is 16.5. The molecule has 0 amide bonds. The van der Waals surface area contributed by atoms with Crippen LogP contribution >= 0.6 is 0 Å². The van der Waals surface area contributed by atoms with Gasteiger partial charge in [0.05, 0.1) is 6.61 Å². The maximum atomic E-state index is 12.3. The first-order chi connectivity index (χ1) is 26.4. The van der Waals surface area contributed by atoms with Gasteiger partial charge in [-0.15, -0.1) is 0 Å². The molecule has 0 aliphatic rings. The summed E-state index contributed by atoms with van der Waals surface area (Å²) in [5.41, 5.74) is 0.0529. The monoisotopic (exact) mass is 760 g/mol. The van der Waals surface area contributed by atoms with E-state index >= 15 is 0 Å². The first kappa shape index (κ1) is 50.1. The molecule has 0 saturated carbocycles. The van der Waals surface area contributed by atoms with E-state index in [0.717, 1.165) is 57.7 Å². The van der Waals surface area contributed by atoms with Crippen LogP contribution in [0.1, 0.15) is 220 Å². The highest BCUT2D eigenvalue weighted by molar-refractivity contribution is 5.73. The molecule has 0 bridgehead atoms. The van der Waals surface area contributed by atoms with Crippen molar-refractivity contribution in [3.63, 3.8) is 0 Å². The van der Waals surface area contributed by atoms with Gasteiger partial charge in [-0.3, -0.25) is 14.4 Å². The molecule has 7 nitrogen and oxygen atoms in total. The lowest BCUT2D eigenvalue weighted by Gasteiger charge is -2.23. The molecule has 0 radical (unpaired) electrons. The summed E-state index contributed by atoms with van der Waals surface area (Å²) in [4.78, 5) is 38.7. The van der Waals surface area contributed by atoms with Crippen molar-refractivity contribution in [2.45, 2.75) is 220 Å². The van der Waals surface area contributed by atoms with Crippen LogP contribution < -0.4 is 21.5 Å². The Hall–Kier alpha value is -1.89. The van der Waals surface area contributed by atoms with Gasteiger partial charge in [-0.1, -0.05) is 182 Å². The van der Waals surface area contributed by atoms with E-state index in [4.69, 9.17) is 4.74 Å². The summed E-state index contributed by atoms with van der Waals surface area (Å²) in [6.07, 6.45) is 37.7. The van der Waals surface area contributed by atoms with Gasteiger partial charge in [-0.05, 0) is 63.6 Å². The summed E-state index contributed by atoms with van der Waals surface area (Å²) in [5, 5.41) is 6.06. The Kier molecular flexibility index (Phi) is 33.0. The van der Waals surface area contributed by atoms with Crippen LogP contribution in [0.3, 0.4) is 0 Å². The third-order valence-electron chi connectivity index (χ3n) is 11.7. The number of esters is 1. The fourth-order valence-corrected chi connectivity index (χ4v) is 8.07. The van der Waals surface area contributed by atoms with Gasteiger partial charge in [0.15, 0.2) is 0 Å². The maximum Gasteiger partial charge on any atom is 0.305 e. The molecule has 2 N–H and O–H groups in total. The van der Waals surface area contributed by atoms with Crippen molar-refractivity contribution < 1.29 is 9.53 Å². The zero-order valence-corrected chi connectivity index (χ0v) is 36.5. The van der Waals surface area contributed by atoms with Gasteiger partial charge in [0.2, 0.25) is 0 Å². The van der Waals surface area contributed by atoms with E-state index in [1.165, 1.54) is 154 Å². The Balaban J connectivity index is 2.37. The van der Waals surface area contributed by atoms with Gasteiger partial charge in [0.1, 0.15) is 11.4 Å². The Labute approximate surface area is 334 Å².